The van der Waals surface area contributed by atoms with Crippen LogP contribution in [-0.4, -0.2) is 184 Å². The fraction of sp³-hybridized carbons (Fsp3) is 0.411. The van der Waals surface area contributed by atoms with E-state index in [1.165, 1.54) is 43.0 Å². The number of carbonyl (C=O) groups is 11. The van der Waals surface area contributed by atoms with Crippen LogP contribution in [0.5, 0.6) is 5.75 Å². The maximum Gasteiger partial charge on any atom is 0.245 e. The van der Waals surface area contributed by atoms with E-state index in [-0.39, 0.29) is 101 Å². The molecule has 556 valence electrons. The molecular formula is C73H96N18O13. The topological polar surface area (TPSA) is 505 Å². The van der Waals surface area contributed by atoms with Gasteiger partial charge in [-0.05, 0) is 109 Å². The molecule has 1 aliphatic heterocycles. The average molecular weight is 1430 g/mol. The first-order valence-electron chi connectivity index (χ1n) is 34.6. The smallest absolute Gasteiger partial charge is 0.245 e. The Bertz CT molecular complexity index is 4020. The molecule has 0 unspecified atom stereocenters. The predicted molar refractivity (Wildman–Crippen MR) is 389 cm³/mol. The molecule has 31 nitrogen and oxygen atoms in total. The minimum Gasteiger partial charge on any atom is -0.508 e. The van der Waals surface area contributed by atoms with Gasteiger partial charge in [-0.25, -0.2) is 0 Å². The number of aliphatic hydroxyl groups is 1. The summed E-state index contributed by atoms with van der Waals surface area (Å²) >= 11 is 0. The molecule has 1 fully saturated rings. The number of amides is 11. The summed E-state index contributed by atoms with van der Waals surface area (Å²) in [5.41, 5.74) is 19.5. The van der Waals surface area contributed by atoms with E-state index in [4.69, 9.17) is 28.0 Å². The van der Waals surface area contributed by atoms with E-state index < -0.39 is 138 Å². The second-order valence-corrected chi connectivity index (χ2v) is 26.3. The number of phenolic OH excluding ortho intramolecular Hbond substituents is 1. The molecule has 2 heterocycles. The molecule has 31 heteroatoms. The number of phenols is 1. The Hall–Kier alpha value is -11.6. The van der Waals surface area contributed by atoms with Crippen molar-refractivity contribution < 1.29 is 63.0 Å². The molecule has 5 aromatic carbocycles. The van der Waals surface area contributed by atoms with Gasteiger partial charge >= 0.3 is 0 Å². The van der Waals surface area contributed by atoms with Crippen LogP contribution in [0, 0.1) is 16.7 Å². The van der Waals surface area contributed by atoms with E-state index in [0.29, 0.717) is 34.0 Å². The number of benzene rings is 5. The van der Waals surface area contributed by atoms with Gasteiger partial charge in [0.25, 0.3) is 0 Å². The Labute approximate surface area is 601 Å². The molecular weight excluding hydrogens is 1340 g/mol. The fourth-order valence-corrected chi connectivity index (χ4v) is 12.2. The van der Waals surface area contributed by atoms with Crippen molar-refractivity contribution in [2.24, 2.45) is 23.1 Å². The first-order valence-corrected chi connectivity index (χ1v) is 34.6. The molecule has 0 saturated carbocycles. The molecule has 1 saturated heterocycles. The Balaban J connectivity index is 1.14. The number of hydrogen-bond donors (Lipinski definition) is 19. The molecule has 22 N–H and O–H groups in total. The number of para-hydroxylation sites is 1. The van der Waals surface area contributed by atoms with Crippen molar-refractivity contribution in [3.8, 4) is 5.75 Å². The largest absolute Gasteiger partial charge is 0.508 e. The zero-order valence-corrected chi connectivity index (χ0v) is 58.6. The third-order valence-corrected chi connectivity index (χ3v) is 17.6. The number of hydrogen-bond acceptors (Lipinski definition) is 15. The van der Waals surface area contributed by atoms with Gasteiger partial charge in [0.15, 0.2) is 11.9 Å². The Kier molecular flexibility index (Phi) is 29.9. The number of nitrogens with zero attached hydrogens (tertiary/aromatic N) is 1. The van der Waals surface area contributed by atoms with Crippen LogP contribution >= 0.6 is 0 Å². The van der Waals surface area contributed by atoms with Crippen LogP contribution in [0.3, 0.4) is 0 Å². The molecule has 11 amide bonds. The summed E-state index contributed by atoms with van der Waals surface area (Å²) in [6.45, 7) is 5.44. The minimum atomic E-state index is -1.83. The molecule has 6 aromatic rings. The highest BCUT2D eigenvalue weighted by atomic mass is 16.3. The van der Waals surface area contributed by atoms with Crippen LogP contribution < -0.4 is 75.7 Å². The lowest BCUT2D eigenvalue weighted by Crippen LogP contribution is -2.61. The third kappa shape index (κ3) is 24.3. The predicted octanol–water partition coefficient (Wildman–Crippen LogP) is -0.258. The van der Waals surface area contributed by atoms with Crippen LogP contribution in [0.25, 0.3) is 21.7 Å². The van der Waals surface area contributed by atoms with E-state index in [0.717, 1.165) is 16.3 Å². The molecule has 0 bridgehead atoms. The maximum absolute atomic E-state index is 15.0. The number of nitrogens with two attached hydrogens (primary N) is 3. The molecule has 0 aliphatic carbocycles. The first-order chi connectivity index (χ1) is 49.7. The fourth-order valence-electron chi connectivity index (χ4n) is 12.2. The third-order valence-electron chi connectivity index (χ3n) is 17.6. The number of nitrogens with one attached hydrogen (secondary N) is 14. The Morgan fingerprint density at radius 1 is 0.529 bits per heavy atom. The molecule has 10 atom stereocenters. The van der Waals surface area contributed by atoms with Crippen molar-refractivity contribution in [3.63, 3.8) is 0 Å². The van der Waals surface area contributed by atoms with Gasteiger partial charge in [0.05, 0.1) is 6.61 Å². The summed E-state index contributed by atoms with van der Waals surface area (Å²) in [7, 11) is 0. The second kappa shape index (κ2) is 39.0. The van der Waals surface area contributed by atoms with E-state index in [1.54, 1.807) is 74.6 Å². The van der Waals surface area contributed by atoms with E-state index in [2.05, 4.69) is 63.5 Å². The van der Waals surface area contributed by atoms with E-state index in [1.807, 2.05) is 42.5 Å². The van der Waals surface area contributed by atoms with Gasteiger partial charge in [-0.2, -0.15) is 0 Å². The summed E-state index contributed by atoms with van der Waals surface area (Å²) in [6, 6.07) is 21.1. The molecule has 1 aliphatic rings. The second-order valence-electron chi connectivity index (χ2n) is 26.3. The SMILES string of the molecule is CC(=O)N[C@H](Cc1ccc2ccccc2c1)C(=O)N[C@H](Cc1ccccc1)C(=O)N[C@H](Cc1c[nH]c2ccccc12)C(=O)N[C@@H](CO)C(=O)N[C@@H](Cc1ccc(O)cc1)C(=O)N[C@H](CCCNC(=N)N)C(=O)N[C@@H](CC(C)C)C(=O)N[C@@H](CCCNC(=N)N)C(=O)N1CCC[C@H]1C(=O)N[C@H](C)C(N)=O. The van der Waals surface area contributed by atoms with Crippen LogP contribution in [0.2, 0.25) is 0 Å². The minimum absolute atomic E-state index is 0.00465. The van der Waals surface area contributed by atoms with Gasteiger partial charge in [0.1, 0.15) is 66.2 Å². The number of rotatable bonds is 38. The van der Waals surface area contributed by atoms with Crippen molar-refractivity contribution in [1.82, 2.24) is 68.4 Å². The molecule has 0 radical (unpaired) electrons. The lowest BCUT2D eigenvalue weighted by molar-refractivity contribution is -0.142. The van der Waals surface area contributed by atoms with Gasteiger partial charge in [0.2, 0.25) is 65.0 Å². The number of aromatic hydroxyl groups is 1. The van der Waals surface area contributed by atoms with Gasteiger partial charge in [-0.1, -0.05) is 117 Å². The highest BCUT2D eigenvalue weighted by molar-refractivity contribution is 6.00. The van der Waals surface area contributed by atoms with Gasteiger partial charge in [-0.15, -0.1) is 0 Å². The lowest BCUT2D eigenvalue weighted by atomic mass is 9.99. The summed E-state index contributed by atoms with van der Waals surface area (Å²) < 4.78 is 0. The maximum atomic E-state index is 15.0. The number of primary amides is 1. The highest BCUT2D eigenvalue weighted by Crippen LogP contribution is 2.23. The number of likely N-dealkylation sites (tertiary alicyclic amines) is 1. The number of carbonyl (C=O) groups excluding carboxylic acids is 11. The van der Waals surface area contributed by atoms with Crippen LogP contribution in [0.15, 0.2) is 128 Å². The van der Waals surface area contributed by atoms with E-state index in [9.17, 15) is 63.0 Å². The lowest BCUT2D eigenvalue weighted by Gasteiger charge is -2.31. The normalized spacial score (nSPS) is 15.2. The van der Waals surface area contributed by atoms with Crippen LogP contribution in [0.4, 0.5) is 0 Å². The van der Waals surface area contributed by atoms with Crippen LogP contribution in [-0.2, 0) is 78.4 Å². The molecule has 1 aromatic heterocycles. The number of aromatic amines is 1. The summed E-state index contributed by atoms with van der Waals surface area (Å²) in [5, 5.41) is 68.7. The Morgan fingerprint density at radius 2 is 1.00 bits per heavy atom. The van der Waals surface area contributed by atoms with Crippen molar-refractivity contribution in [3.05, 3.63) is 150 Å². The number of guanidine groups is 2. The number of fused-ring (bicyclic) bond motifs is 2. The number of aromatic nitrogens is 1. The quantitative estimate of drug-likeness (QED) is 0.0135. The zero-order chi connectivity index (χ0) is 75.6. The van der Waals surface area contributed by atoms with Gasteiger partial charge in [-0.3, -0.25) is 63.6 Å². The van der Waals surface area contributed by atoms with Crippen molar-refractivity contribution in [2.45, 2.75) is 159 Å². The highest BCUT2D eigenvalue weighted by Gasteiger charge is 2.40. The molecule has 7 rings (SSSR count). The zero-order valence-electron chi connectivity index (χ0n) is 58.6. The molecule has 0 spiro atoms. The summed E-state index contributed by atoms with van der Waals surface area (Å²) in [5.74, 6) is -10.0. The van der Waals surface area contributed by atoms with Gasteiger partial charge in [0, 0.05) is 69.3 Å². The standard InChI is InChI=1S/C73H96N18O13/c1-41(2)33-55(64(97)85-54(22-13-31-80-73(77)78)71(104)91-32-14-23-61(91)70(103)82-42(3)62(74)95)86-63(96)53(21-12-30-79-72(75)76)84-66(99)58(36-45-25-28-50(94)29-26-45)88-69(102)60(40-92)90-68(101)59(38-49-39-81-52-20-11-10-19-51(49)52)89-67(100)57(35-44-15-6-5-7-16-44)87-65(98)56(83-43(4)93)37-46-24-27-47-17-8-9-18-48(47)34-46/h5-11,15-20,24-29,34,39,41-42,53-61,81,92,94H,12-14,21-23,30-33,35-38,40H2,1-4H3,(H2,74,95)(H,82,103)(H,83,93)(H,84,99)(H,85,97)(H,86,96)(H,87,98)(H,88,102)(H,89,100)(H,90,101)(H4,75,76,79)(H4,77,78,80)/t42-,53-,54+,55+,56-,57-,58+,59-,60+,61+/m1/s1. The van der Waals surface area contributed by atoms with Crippen molar-refractivity contribution >= 4 is 98.6 Å². The van der Waals surface area contributed by atoms with Crippen molar-refractivity contribution in [1.29, 1.82) is 10.8 Å². The van der Waals surface area contributed by atoms with Gasteiger partial charge < -0.3 is 95.8 Å². The van der Waals surface area contributed by atoms with Crippen molar-refractivity contribution in [2.75, 3.05) is 26.2 Å². The molecule has 104 heavy (non-hydrogen) atoms. The average Bonchev–Trinajstić information content (AvgIpc) is 1.61. The monoisotopic (exact) mass is 1430 g/mol. The summed E-state index contributed by atoms with van der Waals surface area (Å²) in [6.07, 6.45) is 1.81. The van der Waals surface area contributed by atoms with E-state index >= 15 is 0 Å². The Morgan fingerprint density at radius 3 is 1.59 bits per heavy atom. The number of aliphatic hydroxyl groups excluding tert-OH is 1. The number of H-pyrrole nitrogens is 1. The van der Waals surface area contributed by atoms with Crippen LogP contribution in [0.1, 0.15) is 94.9 Å². The summed E-state index contributed by atoms with van der Waals surface area (Å²) in [4.78, 5) is 160. The first kappa shape index (κ1) is 79.7.